The molecule has 3 N–H and O–H groups in total. The first-order chi connectivity index (χ1) is 8.54. The zero-order valence-corrected chi connectivity index (χ0v) is 10.5. The molecule has 0 bridgehead atoms. The van der Waals surface area contributed by atoms with E-state index in [1.807, 2.05) is 32.0 Å². The number of nitrogens with zero attached hydrogens (tertiary/aromatic N) is 2. The Morgan fingerprint density at radius 2 is 2.22 bits per heavy atom. The van der Waals surface area contributed by atoms with Crippen molar-refractivity contribution in [3.05, 3.63) is 41.7 Å². The van der Waals surface area contributed by atoms with E-state index >= 15 is 0 Å². The second kappa shape index (κ2) is 4.91. The van der Waals surface area contributed by atoms with E-state index in [-0.39, 0.29) is 12.5 Å². The van der Waals surface area contributed by atoms with Gasteiger partial charge in [0.15, 0.2) is 0 Å². The van der Waals surface area contributed by atoms with Gasteiger partial charge in [-0.3, -0.25) is 9.48 Å². The molecule has 18 heavy (non-hydrogen) atoms. The molecule has 1 heterocycles. The molecule has 5 nitrogen and oxygen atoms in total. The predicted molar refractivity (Wildman–Crippen MR) is 71.2 cm³/mol. The fraction of sp³-hybridized carbons (Fsp3) is 0.231. The minimum atomic E-state index is -0.120. The number of carbonyl (C=O) groups is 1. The maximum Gasteiger partial charge on any atom is 0.246 e. The lowest BCUT2D eigenvalue weighted by Crippen LogP contribution is -2.19. The highest BCUT2D eigenvalue weighted by Crippen LogP contribution is 2.15. The minimum absolute atomic E-state index is 0.120. The molecule has 0 saturated carbocycles. The molecule has 0 aliphatic rings. The molecule has 0 fully saturated rings. The molecule has 2 rings (SSSR count). The molecule has 2 aromatic rings. The van der Waals surface area contributed by atoms with E-state index in [1.165, 1.54) is 16.4 Å². The molecule has 1 aromatic carbocycles. The number of benzene rings is 1. The van der Waals surface area contributed by atoms with Crippen LogP contribution in [-0.4, -0.2) is 15.7 Å². The summed E-state index contributed by atoms with van der Waals surface area (Å²) in [6.45, 7) is 4.14. The highest BCUT2D eigenvalue weighted by molar-refractivity contribution is 5.91. The number of nitrogens with two attached hydrogens (primary N) is 1. The molecular weight excluding hydrogens is 228 g/mol. The largest absolute Gasteiger partial charge is 0.396 e. The Bertz CT molecular complexity index is 574. The van der Waals surface area contributed by atoms with Crippen LogP contribution in [0.1, 0.15) is 11.1 Å². The van der Waals surface area contributed by atoms with Gasteiger partial charge in [-0.1, -0.05) is 17.7 Å². The molecule has 0 spiro atoms. The van der Waals surface area contributed by atoms with Gasteiger partial charge >= 0.3 is 0 Å². The van der Waals surface area contributed by atoms with Crippen molar-refractivity contribution in [3.63, 3.8) is 0 Å². The van der Waals surface area contributed by atoms with Crippen LogP contribution in [0.2, 0.25) is 0 Å². The SMILES string of the molecule is Cc1ccc(NC(=O)Cn2cc(N)cn2)c(C)c1. The van der Waals surface area contributed by atoms with Crippen molar-refractivity contribution in [3.8, 4) is 0 Å². The first-order valence-electron chi connectivity index (χ1n) is 5.69. The summed E-state index contributed by atoms with van der Waals surface area (Å²) in [4.78, 5) is 11.8. The summed E-state index contributed by atoms with van der Waals surface area (Å²) in [7, 11) is 0. The Labute approximate surface area is 106 Å². The van der Waals surface area contributed by atoms with Gasteiger partial charge in [-0.25, -0.2) is 0 Å². The van der Waals surface area contributed by atoms with Crippen LogP contribution in [0.25, 0.3) is 0 Å². The second-order valence-electron chi connectivity index (χ2n) is 4.34. The summed E-state index contributed by atoms with van der Waals surface area (Å²) in [5, 5.41) is 6.82. The van der Waals surface area contributed by atoms with Gasteiger partial charge in [0.1, 0.15) is 6.54 Å². The molecule has 0 unspecified atom stereocenters. The lowest BCUT2D eigenvalue weighted by molar-refractivity contribution is -0.116. The van der Waals surface area contributed by atoms with Crippen molar-refractivity contribution in [1.82, 2.24) is 9.78 Å². The average Bonchev–Trinajstić information content (AvgIpc) is 2.68. The van der Waals surface area contributed by atoms with Crippen molar-refractivity contribution in [2.75, 3.05) is 11.1 Å². The number of nitrogen functional groups attached to an aromatic ring is 1. The van der Waals surface area contributed by atoms with Gasteiger partial charge in [-0.05, 0) is 25.5 Å². The number of amides is 1. The van der Waals surface area contributed by atoms with E-state index in [0.29, 0.717) is 5.69 Å². The second-order valence-corrected chi connectivity index (χ2v) is 4.34. The van der Waals surface area contributed by atoms with Gasteiger partial charge in [0.2, 0.25) is 5.91 Å². The lowest BCUT2D eigenvalue weighted by atomic mass is 10.1. The molecular formula is C13H16N4O. The quantitative estimate of drug-likeness (QED) is 0.863. The molecule has 94 valence electrons. The Morgan fingerprint density at radius 3 is 2.83 bits per heavy atom. The molecule has 0 saturated heterocycles. The summed E-state index contributed by atoms with van der Waals surface area (Å²) in [6.07, 6.45) is 3.14. The Hall–Kier alpha value is -2.30. The highest BCUT2D eigenvalue weighted by Gasteiger charge is 2.06. The van der Waals surface area contributed by atoms with Gasteiger partial charge in [0.25, 0.3) is 0 Å². The van der Waals surface area contributed by atoms with Crippen LogP contribution in [0.15, 0.2) is 30.6 Å². The number of aromatic nitrogens is 2. The maximum atomic E-state index is 11.8. The van der Waals surface area contributed by atoms with E-state index in [9.17, 15) is 4.79 Å². The van der Waals surface area contributed by atoms with Crippen molar-refractivity contribution in [2.45, 2.75) is 20.4 Å². The Kier molecular flexibility index (Phi) is 3.32. The van der Waals surface area contributed by atoms with E-state index < -0.39 is 0 Å². The van der Waals surface area contributed by atoms with E-state index in [0.717, 1.165) is 11.3 Å². The molecule has 0 radical (unpaired) electrons. The number of hydrogen-bond acceptors (Lipinski definition) is 3. The fourth-order valence-corrected chi connectivity index (χ4v) is 1.76. The number of nitrogens with one attached hydrogen (secondary N) is 1. The smallest absolute Gasteiger partial charge is 0.246 e. The maximum absolute atomic E-state index is 11.8. The van der Waals surface area contributed by atoms with Crippen LogP contribution in [0.3, 0.4) is 0 Å². The van der Waals surface area contributed by atoms with E-state index in [2.05, 4.69) is 10.4 Å². The number of hydrogen-bond donors (Lipinski definition) is 2. The summed E-state index contributed by atoms with van der Waals surface area (Å²) in [5.74, 6) is -0.120. The number of carbonyl (C=O) groups excluding carboxylic acids is 1. The van der Waals surface area contributed by atoms with Crippen LogP contribution in [0.4, 0.5) is 11.4 Å². The summed E-state index contributed by atoms with van der Waals surface area (Å²) in [5.41, 5.74) is 9.12. The van der Waals surface area contributed by atoms with Gasteiger partial charge in [-0.15, -0.1) is 0 Å². The van der Waals surface area contributed by atoms with Crippen molar-refractivity contribution in [2.24, 2.45) is 0 Å². The summed E-state index contributed by atoms with van der Waals surface area (Å²) < 4.78 is 1.51. The lowest BCUT2D eigenvalue weighted by Gasteiger charge is -2.09. The van der Waals surface area contributed by atoms with E-state index in [1.54, 1.807) is 6.20 Å². The Balaban J connectivity index is 2.03. The molecule has 5 heteroatoms. The number of anilines is 2. The normalized spacial score (nSPS) is 10.3. The van der Waals surface area contributed by atoms with Crippen molar-refractivity contribution >= 4 is 17.3 Å². The van der Waals surface area contributed by atoms with Crippen LogP contribution >= 0.6 is 0 Å². The summed E-state index contributed by atoms with van der Waals surface area (Å²) in [6, 6.07) is 5.90. The van der Waals surface area contributed by atoms with Crippen LogP contribution < -0.4 is 11.1 Å². The van der Waals surface area contributed by atoms with E-state index in [4.69, 9.17) is 5.73 Å². The van der Waals surface area contributed by atoms with Gasteiger partial charge in [-0.2, -0.15) is 5.10 Å². The molecule has 1 aromatic heterocycles. The monoisotopic (exact) mass is 244 g/mol. The first kappa shape index (κ1) is 12.2. The number of rotatable bonds is 3. The first-order valence-corrected chi connectivity index (χ1v) is 5.69. The minimum Gasteiger partial charge on any atom is -0.396 e. The third-order valence-corrected chi connectivity index (χ3v) is 2.61. The third kappa shape index (κ3) is 2.88. The zero-order chi connectivity index (χ0) is 13.1. The van der Waals surface area contributed by atoms with Gasteiger partial charge in [0, 0.05) is 11.9 Å². The zero-order valence-electron chi connectivity index (χ0n) is 10.5. The molecule has 1 amide bonds. The average molecular weight is 244 g/mol. The van der Waals surface area contributed by atoms with Gasteiger partial charge in [0.05, 0.1) is 11.9 Å². The summed E-state index contributed by atoms with van der Waals surface area (Å²) >= 11 is 0. The highest BCUT2D eigenvalue weighted by atomic mass is 16.2. The topological polar surface area (TPSA) is 72.9 Å². The van der Waals surface area contributed by atoms with Crippen molar-refractivity contribution in [1.29, 1.82) is 0 Å². The third-order valence-electron chi connectivity index (χ3n) is 2.61. The van der Waals surface area contributed by atoms with Gasteiger partial charge < -0.3 is 11.1 Å². The predicted octanol–water partition coefficient (Wildman–Crippen LogP) is 1.72. The molecule has 0 atom stereocenters. The van der Waals surface area contributed by atoms with Crippen LogP contribution in [-0.2, 0) is 11.3 Å². The molecule has 0 aliphatic carbocycles. The number of aryl methyl sites for hydroxylation is 2. The van der Waals surface area contributed by atoms with Crippen molar-refractivity contribution < 1.29 is 4.79 Å². The van der Waals surface area contributed by atoms with Crippen LogP contribution in [0.5, 0.6) is 0 Å². The fourth-order valence-electron chi connectivity index (χ4n) is 1.76. The standard InChI is InChI=1S/C13H16N4O/c1-9-3-4-12(10(2)5-9)16-13(18)8-17-7-11(14)6-15-17/h3-7H,8,14H2,1-2H3,(H,16,18). The molecule has 0 aliphatic heterocycles. The van der Waals surface area contributed by atoms with Crippen LogP contribution in [0, 0.1) is 13.8 Å². The Morgan fingerprint density at radius 1 is 1.44 bits per heavy atom.